The highest BCUT2D eigenvalue weighted by Gasteiger charge is 2.19. The zero-order valence-electron chi connectivity index (χ0n) is 11.2. The Kier molecular flexibility index (Phi) is 3.55. The van der Waals surface area contributed by atoms with E-state index in [1.165, 1.54) is 12.1 Å². The van der Waals surface area contributed by atoms with Crippen LogP contribution in [0.5, 0.6) is 0 Å². The Balaban J connectivity index is 2.63. The lowest BCUT2D eigenvalue weighted by Gasteiger charge is -2.12. The normalized spacial score (nSPS) is 11.3. The first kappa shape index (κ1) is 13.5. The van der Waals surface area contributed by atoms with Gasteiger partial charge >= 0.3 is 0 Å². The van der Waals surface area contributed by atoms with Gasteiger partial charge < -0.3 is 10.3 Å². The molecule has 1 aromatic heterocycles. The molecule has 3 nitrogen and oxygen atoms in total. The molecule has 0 amide bonds. The largest absolute Gasteiger partial charge is 0.383 e. The molecule has 0 spiro atoms. The van der Waals surface area contributed by atoms with Crippen LogP contribution in [0.1, 0.15) is 32.6 Å². The van der Waals surface area contributed by atoms with E-state index >= 15 is 0 Å². The minimum Gasteiger partial charge on any atom is -0.383 e. The number of rotatable bonds is 3. The van der Waals surface area contributed by atoms with Gasteiger partial charge in [-0.2, -0.15) is 0 Å². The first-order valence-electron chi connectivity index (χ1n) is 6.27. The SMILES string of the molecule is CCc1nc(-c2ccc(F)cc2F)c(N)n1C(C)C. The van der Waals surface area contributed by atoms with E-state index < -0.39 is 11.6 Å². The quantitative estimate of drug-likeness (QED) is 0.922. The Hall–Kier alpha value is -1.91. The molecule has 0 fully saturated rings. The van der Waals surface area contributed by atoms with Gasteiger partial charge in [0.1, 0.15) is 29.0 Å². The highest BCUT2D eigenvalue weighted by atomic mass is 19.1. The van der Waals surface area contributed by atoms with Crippen molar-refractivity contribution in [3.8, 4) is 11.3 Å². The summed E-state index contributed by atoms with van der Waals surface area (Å²) in [6.07, 6.45) is 0.700. The first-order chi connectivity index (χ1) is 8.95. The topological polar surface area (TPSA) is 43.8 Å². The molecule has 1 heterocycles. The molecule has 0 bridgehead atoms. The van der Waals surface area contributed by atoms with Gasteiger partial charge in [-0.25, -0.2) is 13.8 Å². The third kappa shape index (κ3) is 2.32. The van der Waals surface area contributed by atoms with Crippen LogP contribution in [-0.4, -0.2) is 9.55 Å². The number of halogens is 2. The Morgan fingerprint density at radius 1 is 1.32 bits per heavy atom. The standard InChI is InChI=1S/C14H17F2N3/c1-4-12-18-13(14(17)19(12)8(2)3)10-6-5-9(15)7-11(10)16/h5-8H,4,17H2,1-3H3. The molecule has 0 radical (unpaired) electrons. The molecule has 0 aliphatic heterocycles. The van der Waals surface area contributed by atoms with Gasteiger partial charge in [-0.15, -0.1) is 0 Å². The molecule has 5 heteroatoms. The first-order valence-corrected chi connectivity index (χ1v) is 6.27. The number of aromatic nitrogens is 2. The number of hydrogen-bond donors (Lipinski definition) is 1. The van der Waals surface area contributed by atoms with E-state index in [0.29, 0.717) is 17.9 Å². The molecule has 0 aliphatic rings. The van der Waals surface area contributed by atoms with Crippen LogP contribution in [0.25, 0.3) is 11.3 Å². The van der Waals surface area contributed by atoms with E-state index in [0.717, 1.165) is 11.9 Å². The molecule has 0 saturated heterocycles. The minimum absolute atomic E-state index is 0.139. The summed E-state index contributed by atoms with van der Waals surface area (Å²) in [5.41, 5.74) is 6.67. The Bertz CT molecular complexity index is 603. The molecule has 2 N–H and O–H groups in total. The van der Waals surface area contributed by atoms with Crippen molar-refractivity contribution >= 4 is 5.82 Å². The summed E-state index contributed by atoms with van der Waals surface area (Å²) in [7, 11) is 0. The van der Waals surface area contributed by atoms with Gasteiger partial charge in [-0.1, -0.05) is 6.92 Å². The average Bonchev–Trinajstić information content (AvgIpc) is 2.66. The second kappa shape index (κ2) is 4.99. The molecule has 2 rings (SSSR count). The van der Waals surface area contributed by atoms with E-state index in [4.69, 9.17) is 5.73 Å². The van der Waals surface area contributed by atoms with Crippen LogP contribution in [0.15, 0.2) is 18.2 Å². The average molecular weight is 265 g/mol. The molecule has 1 aromatic carbocycles. The maximum Gasteiger partial charge on any atom is 0.135 e. The lowest BCUT2D eigenvalue weighted by Crippen LogP contribution is -2.09. The summed E-state index contributed by atoms with van der Waals surface area (Å²) in [5, 5.41) is 0. The zero-order chi connectivity index (χ0) is 14.2. The Morgan fingerprint density at radius 2 is 2.00 bits per heavy atom. The second-order valence-corrected chi connectivity index (χ2v) is 4.70. The number of anilines is 1. The van der Waals surface area contributed by atoms with Gasteiger partial charge in [-0.05, 0) is 26.0 Å². The molecule has 102 valence electrons. The maximum atomic E-state index is 13.8. The summed E-state index contributed by atoms with van der Waals surface area (Å²) in [6, 6.07) is 3.56. The number of benzene rings is 1. The van der Waals surface area contributed by atoms with Gasteiger partial charge in [0.25, 0.3) is 0 Å². The van der Waals surface area contributed by atoms with Crippen LogP contribution >= 0.6 is 0 Å². The molecule has 0 atom stereocenters. The van der Waals surface area contributed by atoms with Gasteiger partial charge in [0.2, 0.25) is 0 Å². The van der Waals surface area contributed by atoms with Crippen LogP contribution < -0.4 is 5.73 Å². The molecule has 19 heavy (non-hydrogen) atoms. The zero-order valence-corrected chi connectivity index (χ0v) is 11.2. The number of aryl methyl sites for hydroxylation is 1. The van der Waals surface area contributed by atoms with Crippen LogP contribution in [0.2, 0.25) is 0 Å². The number of hydrogen-bond acceptors (Lipinski definition) is 2. The van der Waals surface area contributed by atoms with E-state index in [1.807, 2.05) is 25.3 Å². The van der Waals surface area contributed by atoms with Gasteiger partial charge in [0, 0.05) is 24.1 Å². The highest BCUT2D eigenvalue weighted by molar-refractivity contribution is 5.71. The molecular formula is C14H17F2N3. The smallest absolute Gasteiger partial charge is 0.135 e. The summed E-state index contributed by atoms with van der Waals surface area (Å²) in [4.78, 5) is 4.39. The number of imidazole rings is 1. The fourth-order valence-corrected chi connectivity index (χ4v) is 2.20. The van der Waals surface area contributed by atoms with Crippen LogP contribution in [0.3, 0.4) is 0 Å². The Labute approximate surface area is 111 Å². The number of nitrogen functional groups attached to an aromatic ring is 1. The predicted octanol–water partition coefficient (Wildman–Crippen LogP) is 3.55. The minimum atomic E-state index is -0.650. The number of nitrogens with two attached hydrogens (primary N) is 1. The highest BCUT2D eigenvalue weighted by Crippen LogP contribution is 2.31. The van der Waals surface area contributed by atoms with Crippen molar-refractivity contribution in [1.29, 1.82) is 0 Å². The van der Waals surface area contributed by atoms with E-state index in [-0.39, 0.29) is 11.6 Å². The van der Waals surface area contributed by atoms with Gasteiger partial charge in [-0.3, -0.25) is 0 Å². The van der Waals surface area contributed by atoms with Crippen molar-refractivity contribution in [1.82, 2.24) is 9.55 Å². The van der Waals surface area contributed by atoms with Crippen molar-refractivity contribution in [3.05, 3.63) is 35.7 Å². The summed E-state index contributed by atoms with van der Waals surface area (Å²) in [6.45, 7) is 5.94. The molecule has 0 saturated carbocycles. The molecule has 0 unspecified atom stereocenters. The lowest BCUT2D eigenvalue weighted by atomic mass is 10.1. The summed E-state index contributed by atoms with van der Waals surface area (Å²) < 4.78 is 28.6. The molecule has 0 aliphatic carbocycles. The Morgan fingerprint density at radius 3 is 2.47 bits per heavy atom. The van der Waals surface area contributed by atoms with Gasteiger partial charge in [0.15, 0.2) is 0 Å². The monoisotopic (exact) mass is 265 g/mol. The van der Waals surface area contributed by atoms with Crippen molar-refractivity contribution in [2.75, 3.05) is 5.73 Å². The summed E-state index contributed by atoms with van der Waals surface area (Å²) >= 11 is 0. The number of nitrogens with zero attached hydrogens (tertiary/aromatic N) is 2. The van der Waals surface area contributed by atoms with Crippen LogP contribution in [-0.2, 0) is 6.42 Å². The second-order valence-electron chi connectivity index (χ2n) is 4.70. The fourth-order valence-electron chi connectivity index (χ4n) is 2.20. The van der Waals surface area contributed by atoms with Crippen LogP contribution in [0.4, 0.5) is 14.6 Å². The lowest BCUT2D eigenvalue weighted by molar-refractivity contribution is 0.578. The van der Waals surface area contributed by atoms with E-state index in [9.17, 15) is 8.78 Å². The van der Waals surface area contributed by atoms with Crippen LogP contribution in [0, 0.1) is 11.6 Å². The van der Waals surface area contributed by atoms with Crippen molar-refractivity contribution in [2.45, 2.75) is 33.2 Å². The van der Waals surface area contributed by atoms with Crippen molar-refractivity contribution < 1.29 is 8.78 Å². The molecule has 2 aromatic rings. The maximum absolute atomic E-state index is 13.8. The summed E-state index contributed by atoms with van der Waals surface area (Å²) in [5.74, 6) is -0.0508. The van der Waals surface area contributed by atoms with E-state index in [2.05, 4.69) is 4.98 Å². The third-order valence-corrected chi connectivity index (χ3v) is 3.04. The van der Waals surface area contributed by atoms with Gasteiger partial charge in [0.05, 0.1) is 0 Å². The molecular weight excluding hydrogens is 248 g/mol. The predicted molar refractivity (Wildman–Crippen MR) is 71.8 cm³/mol. The van der Waals surface area contributed by atoms with Crippen molar-refractivity contribution in [2.24, 2.45) is 0 Å². The fraction of sp³-hybridized carbons (Fsp3) is 0.357. The van der Waals surface area contributed by atoms with Crippen molar-refractivity contribution in [3.63, 3.8) is 0 Å². The van der Waals surface area contributed by atoms with E-state index in [1.54, 1.807) is 0 Å². The third-order valence-electron chi connectivity index (χ3n) is 3.04.